The second-order valence-corrected chi connectivity index (χ2v) is 6.55. The monoisotopic (exact) mass is 280 g/mol. The van der Waals surface area contributed by atoms with Gasteiger partial charge in [0.2, 0.25) is 0 Å². The fourth-order valence-corrected chi connectivity index (χ4v) is 3.90. The maximum Gasteiger partial charge on any atom is 0.326 e. The number of hydrogen-bond donors (Lipinski definition) is 2. The van der Waals surface area contributed by atoms with E-state index in [0.717, 1.165) is 32.2 Å². The first kappa shape index (κ1) is 13.7. The van der Waals surface area contributed by atoms with Crippen LogP contribution in [0.2, 0.25) is 0 Å². The average Bonchev–Trinajstić information content (AvgIpc) is 3.28. The number of carbonyl (C=O) groups excluding carboxylic acids is 1. The molecule has 3 aliphatic rings. The molecule has 2 N–H and O–H groups in total. The molecule has 2 aliphatic carbocycles. The van der Waals surface area contributed by atoms with Crippen LogP contribution in [0, 0.1) is 11.8 Å². The standard InChI is InChI=1S/C15H24N2O3/c18-14(19)13(11-7-8-11)16-15(20)17-9-3-5-10-4-1-2-6-12(10)17/h10-13H,1-9H2,(H,16,20)(H,18,19)/t10-,12-,13?/m1/s1. The second-order valence-electron chi connectivity index (χ2n) is 6.55. The van der Waals surface area contributed by atoms with Crippen molar-refractivity contribution in [1.29, 1.82) is 0 Å². The van der Waals surface area contributed by atoms with Crippen molar-refractivity contribution >= 4 is 12.0 Å². The van der Waals surface area contributed by atoms with Gasteiger partial charge in [-0.05, 0) is 50.4 Å². The van der Waals surface area contributed by atoms with E-state index < -0.39 is 12.0 Å². The van der Waals surface area contributed by atoms with Gasteiger partial charge < -0.3 is 15.3 Å². The van der Waals surface area contributed by atoms with Crippen molar-refractivity contribution in [2.24, 2.45) is 11.8 Å². The van der Waals surface area contributed by atoms with Crippen LogP contribution in [0.5, 0.6) is 0 Å². The third-order valence-corrected chi connectivity index (χ3v) is 5.14. The molecule has 0 aromatic rings. The topological polar surface area (TPSA) is 69.6 Å². The third-order valence-electron chi connectivity index (χ3n) is 5.14. The lowest BCUT2D eigenvalue weighted by Gasteiger charge is -2.44. The molecule has 1 aliphatic heterocycles. The Morgan fingerprint density at radius 1 is 1.05 bits per heavy atom. The Morgan fingerprint density at radius 3 is 2.45 bits per heavy atom. The van der Waals surface area contributed by atoms with Gasteiger partial charge in [-0.25, -0.2) is 9.59 Å². The molecule has 0 radical (unpaired) electrons. The molecule has 0 spiro atoms. The Hall–Kier alpha value is -1.26. The van der Waals surface area contributed by atoms with Gasteiger partial charge in [-0.15, -0.1) is 0 Å². The molecule has 5 nitrogen and oxygen atoms in total. The number of rotatable bonds is 3. The van der Waals surface area contributed by atoms with Crippen LogP contribution in [0.25, 0.3) is 0 Å². The predicted molar refractivity (Wildman–Crippen MR) is 74.4 cm³/mol. The zero-order valence-electron chi connectivity index (χ0n) is 11.9. The van der Waals surface area contributed by atoms with Crippen molar-refractivity contribution in [3.63, 3.8) is 0 Å². The van der Waals surface area contributed by atoms with Crippen LogP contribution in [0.1, 0.15) is 51.4 Å². The van der Waals surface area contributed by atoms with E-state index in [-0.39, 0.29) is 11.9 Å². The van der Waals surface area contributed by atoms with Gasteiger partial charge in [-0.1, -0.05) is 12.8 Å². The minimum absolute atomic E-state index is 0.142. The molecule has 1 heterocycles. The minimum Gasteiger partial charge on any atom is -0.480 e. The van der Waals surface area contributed by atoms with Crippen molar-refractivity contribution in [2.75, 3.05) is 6.54 Å². The SMILES string of the molecule is O=C(O)C(NC(=O)N1CCC[C@H]2CCCC[C@H]21)C1CC1. The van der Waals surface area contributed by atoms with Gasteiger partial charge >= 0.3 is 12.0 Å². The Morgan fingerprint density at radius 2 is 1.75 bits per heavy atom. The highest BCUT2D eigenvalue weighted by atomic mass is 16.4. The van der Waals surface area contributed by atoms with Crippen LogP contribution < -0.4 is 5.32 Å². The van der Waals surface area contributed by atoms with Gasteiger partial charge in [0, 0.05) is 12.6 Å². The van der Waals surface area contributed by atoms with E-state index in [1.54, 1.807) is 0 Å². The molecule has 0 aromatic carbocycles. The summed E-state index contributed by atoms with van der Waals surface area (Å²) in [6.07, 6.45) is 8.88. The molecule has 1 unspecified atom stereocenters. The van der Waals surface area contributed by atoms with Crippen LogP contribution in [-0.2, 0) is 4.79 Å². The highest BCUT2D eigenvalue weighted by Gasteiger charge is 2.40. The molecule has 2 saturated carbocycles. The Labute approximate surface area is 119 Å². The predicted octanol–water partition coefficient (Wildman–Crippen LogP) is 2.21. The maximum atomic E-state index is 12.5. The van der Waals surface area contributed by atoms with E-state index in [9.17, 15) is 14.7 Å². The summed E-state index contributed by atoms with van der Waals surface area (Å²) in [6, 6.07) is -0.501. The summed E-state index contributed by atoms with van der Waals surface area (Å²) in [5.41, 5.74) is 0. The van der Waals surface area contributed by atoms with E-state index >= 15 is 0 Å². The summed E-state index contributed by atoms with van der Waals surface area (Å²) >= 11 is 0. The van der Waals surface area contributed by atoms with Gasteiger partial charge in [-0.3, -0.25) is 0 Å². The van der Waals surface area contributed by atoms with Crippen molar-refractivity contribution in [1.82, 2.24) is 10.2 Å². The largest absolute Gasteiger partial charge is 0.480 e. The fourth-order valence-electron chi connectivity index (χ4n) is 3.90. The number of nitrogens with one attached hydrogen (secondary N) is 1. The first-order valence-corrected chi connectivity index (χ1v) is 7.97. The number of carboxylic acids is 1. The molecular weight excluding hydrogens is 256 g/mol. The second kappa shape index (κ2) is 5.62. The molecule has 3 atom stereocenters. The number of piperidine rings is 1. The normalized spacial score (nSPS) is 31.3. The lowest BCUT2D eigenvalue weighted by molar-refractivity contribution is -0.139. The maximum absolute atomic E-state index is 12.5. The summed E-state index contributed by atoms with van der Waals surface area (Å²) < 4.78 is 0. The highest BCUT2D eigenvalue weighted by molar-refractivity contribution is 5.83. The van der Waals surface area contributed by atoms with Crippen molar-refractivity contribution in [2.45, 2.75) is 63.5 Å². The van der Waals surface area contributed by atoms with E-state index in [1.807, 2.05) is 4.90 Å². The molecule has 2 amide bonds. The molecule has 0 bridgehead atoms. The van der Waals surface area contributed by atoms with Crippen LogP contribution in [0.3, 0.4) is 0 Å². The highest BCUT2D eigenvalue weighted by Crippen LogP contribution is 2.36. The molecule has 5 heteroatoms. The van der Waals surface area contributed by atoms with Gasteiger partial charge in [0.25, 0.3) is 0 Å². The lowest BCUT2D eigenvalue weighted by Crippen LogP contribution is -2.56. The third kappa shape index (κ3) is 2.76. The Balaban J connectivity index is 1.64. The number of fused-ring (bicyclic) bond motifs is 1. The van der Waals surface area contributed by atoms with Crippen molar-refractivity contribution < 1.29 is 14.7 Å². The summed E-state index contributed by atoms with van der Waals surface area (Å²) in [4.78, 5) is 25.6. The number of urea groups is 1. The lowest BCUT2D eigenvalue weighted by atomic mass is 9.78. The Kier molecular flexibility index (Phi) is 3.85. The molecule has 3 fully saturated rings. The number of carboxylic acid groups (broad SMARTS) is 1. The fraction of sp³-hybridized carbons (Fsp3) is 0.867. The van der Waals surface area contributed by atoms with E-state index in [0.29, 0.717) is 12.0 Å². The molecule has 1 saturated heterocycles. The average molecular weight is 280 g/mol. The number of nitrogens with zero attached hydrogens (tertiary/aromatic N) is 1. The summed E-state index contributed by atoms with van der Waals surface area (Å²) in [5.74, 6) is -0.117. The van der Waals surface area contributed by atoms with E-state index in [4.69, 9.17) is 0 Å². The summed E-state index contributed by atoms with van der Waals surface area (Å²) in [6.45, 7) is 0.782. The number of likely N-dealkylation sites (tertiary alicyclic amines) is 1. The van der Waals surface area contributed by atoms with Gasteiger partial charge in [-0.2, -0.15) is 0 Å². The number of amides is 2. The van der Waals surface area contributed by atoms with Crippen LogP contribution in [0.4, 0.5) is 4.79 Å². The van der Waals surface area contributed by atoms with Crippen molar-refractivity contribution in [3.05, 3.63) is 0 Å². The molecule has 112 valence electrons. The van der Waals surface area contributed by atoms with Crippen LogP contribution >= 0.6 is 0 Å². The Bertz CT molecular complexity index is 393. The molecule has 0 aromatic heterocycles. The molecule has 3 rings (SSSR count). The molecule has 20 heavy (non-hydrogen) atoms. The van der Waals surface area contributed by atoms with Gasteiger partial charge in [0.1, 0.15) is 6.04 Å². The van der Waals surface area contributed by atoms with E-state index in [1.165, 1.54) is 25.7 Å². The number of carbonyl (C=O) groups is 2. The van der Waals surface area contributed by atoms with E-state index in [2.05, 4.69) is 5.32 Å². The smallest absolute Gasteiger partial charge is 0.326 e. The zero-order valence-corrected chi connectivity index (χ0v) is 11.9. The number of aliphatic carboxylic acids is 1. The summed E-state index contributed by atoms with van der Waals surface area (Å²) in [7, 11) is 0. The van der Waals surface area contributed by atoms with Crippen LogP contribution in [0.15, 0.2) is 0 Å². The summed E-state index contributed by atoms with van der Waals surface area (Å²) in [5, 5.41) is 12.0. The first-order valence-electron chi connectivity index (χ1n) is 7.97. The minimum atomic E-state index is -0.891. The zero-order chi connectivity index (χ0) is 14.1. The van der Waals surface area contributed by atoms with Crippen molar-refractivity contribution in [3.8, 4) is 0 Å². The van der Waals surface area contributed by atoms with Crippen LogP contribution in [-0.4, -0.2) is 40.6 Å². The quantitative estimate of drug-likeness (QED) is 0.832. The van der Waals surface area contributed by atoms with Gasteiger partial charge in [0.15, 0.2) is 0 Å². The first-order chi connectivity index (χ1) is 9.66. The van der Waals surface area contributed by atoms with Gasteiger partial charge in [0.05, 0.1) is 0 Å². The molecular formula is C15H24N2O3. The number of hydrogen-bond acceptors (Lipinski definition) is 2.